The van der Waals surface area contributed by atoms with Gasteiger partial charge in [-0.2, -0.15) is 0 Å². The molecule has 0 heterocycles. The first kappa shape index (κ1) is 17.7. The lowest BCUT2D eigenvalue weighted by molar-refractivity contribution is -0.145. The third kappa shape index (κ3) is 6.88. The highest BCUT2D eigenvalue weighted by Gasteiger charge is 2.21. The van der Waals surface area contributed by atoms with Crippen LogP contribution >= 0.6 is 0 Å². The van der Waals surface area contributed by atoms with Gasteiger partial charge in [0.05, 0.1) is 6.54 Å². The summed E-state index contributed by atoms with van der Waals surface area (Å²) in [4.78, 5) is 34.6. The molecule has 0 aliphatic heterocycles. The number of rotatable bonds is 6. The molecule has 0 bridgehead atoms. The quantitative estimate of drug-likeness (QED) is 0.768. The fourth-order valence-electron chi connectivity index (χ4n) is 1.45. The first-order chi connectivity index (χ1) is 10.3. The van der Waals surface area contributed by atoms with Gasteiger partial charge in [-0.25, -0.2) is 0 Å². The number of nitrogens with one attached hydrogen (secondary N) is 2. The first-order valence-corrected chi connectivity index (χ1v) is 7.03. The summed E-state index contributed by atoms with van der Waals surface area (Å²) in [5, 5.41) is 4.90. The SMILES string of the molecule is CC(C)(C)C(=O)NCC(=O)NCC(=O)OCc1ccccc1. The van der Waals surface area contributed by atoms with Gasteiger partial charge in [-0.15, -0.1) is 0 Å². The van der Waals surface area contributed by atoms with Gasteiger partial charge in [0.2, 0.25) is 11.8 Å². The topological polar surface area (TPSA) is 84.5 Å². The second-order valence-corrected chi connectivity index (χ2v) is 5.86. The predicted octanol–water partition coefficient (Wildman–Crippen LogP) is 1.01. The summed E-state index contributed by atoms with van der Waals surface area (Å²) in [7, 11) is 0. The van der Waals surface area contributed by atoms with E-state index in [0.717, 1.165) is 5.56 Å². The number of hydrogen-bond acceptors (Lipinski definition) is 4. The van der Waals surface area contributed by atoms with Crippen molar-refractivity contribution >= 4 is 17.8 Å². The van der Waals surface area contributed by atoms with E-state index >= 15 is 0 Å². The van der Waals surface area contributed by atoms with Crippen molar-refractivity contribution in [3.8, 4) is 0 Å². The Balaban J connectivity index is 2.21. The molecule has 0 spiro atoms. The van der Waals surface area contributed by atoms with Gasteiger partial charge in [-0.1, -0.05) is 51.1 Å². The molecule has 0 atom stereocenters. The Morgan fingerprint density at radius 3 is 2.23 bits per heavy atom. The Bertz CT molecular complexity index is 521. The van der Waals surface area contributed by atoms with Crippen LogP contribution in [0, 0.1) is 5.41 Å². The van der Waals surface area contributed by atoms with Crippen molar-refractivity contribution in [3.05, 3.63) is 35.9 Å². The van der Waals surface area contributed by atoms with E-state index in [1.54, 1.807) is 20.8 Å². The standard InChI is InChI=1S/C16H22N2O4/c1-16(2,3)15(21)18-9-13(19)17-10-14(20)22-11-12-7-5-4-6-8-12/h4-8H,9-11H2,1-3H3,(H,17,19)(H,18,21). The van der Waals surface area contributed by atoms with Crippen molar-refractivity contribution < 1.29 is 19.1 Å². The summed E-state index contributed by atoms with van der Waals surface area (Å²) < 4.78 is 5.02. The minimum atomic E-state index is -0.561. The van der Waals surface area contributed by atoms with Crippen LogP contribution in [-0.2, 0) is 25.7 Å². The molecule has 0 saturated heterocycles. The Hall–Kier alpha value is -2.37. The van der Waals surface area contributed by atoms with E-state index in [1.807, 2.05) is 30.3 Å². The van der Waals surface area contributed by atoms with E-state index in [-0.39, 0.29) is 25.6 Å². The van der Waals surface area contributed by atoms with Crippen LogP contribution in [-0.4, -0.2) is 30.9 Å². The molecule has 0 fully saturated rings. The minimum Gasteiger partial charge on any atom is -0.460 e. The molecular weight excluding hydrogens is 284 g/mol. The largest absolute Gasteiger partial charge is 0.460 e. The van der Waals surface area contributed by atoms with E-state index in [9.17, 15) is 14.4 Å². The van der Waals surface area contributed by atoms with Crippen LogP contribution in [0.5, 0.6) is 0 Å². The van der Waals surface area contributed by atoms with Crippen LogP contribution in [0.3, 0.4) is 0 Å². The second-order valence-electron chi connectivity index (χ2n) is 5.86. The lowest BCUT2D eigenvalue weighted by Gasteiger charge is -2.17. The molecule has 0 saturated carbocycles. The smallest absolute Gasteiger partial charge is 0.325 e. The van der Waals surface area contributed by atoms with Gasteiger partial charge in [-0.05, 0) is 5.56 Å². The van der Waals surface area contributed by atoms with Crippen LogP contribution in [0.4, 0.5) is 0 Å². The van der Waals surface area contributed by atoms with E-state index in [0.29, 0.717) is 0 Å². The highest BCUT2D eigenvalue weighted by molar-refractivity contribution is 5.88. The molecule has 1 aromatic carbocycles. The van der Waals surface area contributed by atoms with Gasteiger partial charge < -0.3 is 15.4 Å². The van der Waals surface area contributed by atoms with Gasteiger partial charge in [0.1, 0.15) is 13.2 Å². The maximum atomic E-state index is 11.6. The van der Waals surface area contributed by atoms with Crippen molar-refractivity contribution in [1.29, 1.82) is 0 Å². The first-order valence-electron chi connectivity index (χ1n) is 7.03. The Labute approximate surface area is 130 Å². The van der Waals surface area contributed by atoms with Gasteiger partial charge in [0.25, 0.3) is 0 Å². The normalized spacial score (nSPS) is 10.7. The third-order valence-corrected chi connectivity index (χ3v) is 2.76. The van der Waals surface area contributed by atoms with Crippen LogP contribution in [0.2, 0.25) is 0 Å². The maximum absolute atomic E-state index is 11.6. The molecule has 2 N–H and O–H groups in total. The van der Waals surface area contributed by atoms with E-state index in [1.165, 1.54) is 0 Å². The van der Waals surface area contributed by atoms with Crippen LogP contribution < -0.4 is 10.6 Å². The molecule has 0 aliphatic rings. The van der Waals surface area contributed by atoms with Gasteiger partial charge in [-0.3, -0.25) is 14.4 Å². The van der Waals surface area contributed by atoms with Crippen molar-refractivity contribution in [2.24, 2.45) is 5.41 Å². The van der Waals surface area contributed by atoms with Crippen LogP contribution in [0.25, 0.3) is 0 Å². The zero-order valence-corrected chi connectivity index (χ0v) is 13.1. The highest BCUT2D eigenvalue weighted by atomic mass is 16.5. The zero-order valence-electron chi connectivity index (χ0n) is 13.1. The van der Waals surface area contributed by atoms with E-state index in [2.05, 4.69) is 10.6 Å². The lowest BCUT2D eigenvalue weighted by atomic mass is 9.96. The number of hydrogen-bond donors (Lipinski definition) is 2. The van der Waals surface area contributed by atoms with Gasteiger partial charge >= 0.3 is 5.97 Å². The molecule has 120 valence electrons. The average molecular weight is 306 g/mol. The average Bonchev–Trinajstić information content (AvgIpc) is 2.48. The molecule has 0 radical (unpaired) electrons. The molecule has 0 aliphatic carbocycles. The molecule has 22 heavy (non-hydrogen) atoms. The number of carbonyl (C=O) groups is 3. The number of carbonyl (C=O) groups excluding carboxylic acids is 3. The fraction of sp³-hybridized carbons (Fsp3) is 0.438. The number of benzene rings is 1. The van der Waals surface area contributed by atoms with Gasteiger partial charge in [0.15, 0.2) is 0 Å². The second kappa shape index (κ2) is 8.17. The molecule has 1 rings (SSSR count). The van der Waals surface area contributed by atoms with Crippen molar-refractivity contribution in [3.63, 3.8) is 0 Å². The minimum absolute atomic E-state index is 0.163. The zero-order chi connectivity index (χ0) is 16.6. The number of esters is 1. The number of amides is 2. The molecule has 0 unspecified atom stereocenters. The van der Waals surface area contributed by atoms with Crippen LogP contribution in [0.1, 0.15) is 26.3 Å². The monoisotopic (exact) mass is 306 g/mol. The van der Waals surface area contributed by atoms with Crippen molar-refractivity contribution in [2.45, 2.75) is 27.4 Å². The molecule has 6 nitrogen and oxygen atoms in total. The van der Waals surface area contributed by atoms with Crippen molar-refractivity contribution in [2.75, 3.05) is 13.1 Å². The molecule has 6 heteroatoms. The summed E-state index contributed by atoms with van der Waals surface area (Å²) in [6, 6.07) is 9.25. The summed E-state index contributed by atoms with van der Waals surface area (Å²) in [5.41, 5.74) is 0.314. The molecule has 1 aromatic rings. The Morgan fingerprint density at radius 2 is 1.64 bits per heavy atom. The van der Waals surface area contributed by atoms with E-state index < -0.39 is 17.3 Å². The summed E-state index contributed by atoms with van der Waals surface area (Å²) in [5.74, 6) is -1.19. The summed E-state index contributed by atoms with van der Waals surface area (Å²) in [6.07, 6.45) is 0. The fourth-order valence-corrected chi connectivity index (χ4v) is 1.45. The molecule has 0 aromatic heterocycles. The van der Waals surface area contributed by atoms with E-state index in [4.69, 9.17) is 4.74 Å². The molecule has 2 amide bonds. The Morgan fingerprint density at radius 1 is 1.00 bits per heavy atom. The van der Waals surface area contributed by atoms with Gasteiger partial charge in [0, 0.05) is 5.41 Å². The van der Waals surface area contributed by atoms with Crippen LogP contribution in [0.15, 0.2) is 30.3 Å². The summed E-state index contributed by atoms with van der Waals surface area (Å²) >= 11 is 0. The Kier molecular flexibility index (Phi) is 6.56. The molecular formula is C16H22N2O4. The maximum Gasteiger partial charge on any atom is 0.325 e. The lowest BCUT2D eigenvalue weighted by Crippen LogP contribution is -2.43. The highest BCUT2D eigenvalue weighted by Crippen LogP contribution is 2.11. The van der Waals surface area contributed by atoms with Crippen molar-refractivity contribution in [1.82, 2.24) is 10.6 Å². The number of ether oxygens (including phenoxy) is 1. The summed E-state index contributed by atoms with van der Waals surface area (Å²) in [6.45, 7) is 5.03. The third-order valence-electron chi connectivity index (χ3n) is 2.76. The predicted molar refractivity (Wildman–Crippen MR) is 81.7 cm³/mol.